The largest absolute Gasteiger partial charge is 0.312 e. The minimum atomic E-state index is 0.428. The third-order valence-corrected chi connectivity index (χ3v) is 3.65. The maximum atomic E-state index is 4.75. The van der Waals surface area contributed by atoms with E-state index >= 15 is 0 Å². The molecule has 0 saturated carbocycles. The standard InChI is InChI=1S/C15H29N3/c1-6-10-16-15(9-4)12(5)18-14(8-3)11-13(7-2)17-18/h11-12,15-16H,6-10H2,1-5H3. The lowest BCUT2D eigenvalue weighted by Gasteiger charge is -2.25. The first-order chi connectivity index (χ1) is 8.67. The Morgan fingerprint density at radius 3 is 2.44 bits per heavy atom. The van der Waals surface area contributed by atoms with Crippen LogP contribution in [0.4, 0.5) is 0 Å². The molecule has 0 amide bonds. The summed E-state index contributed by atoms with van der Waals surface area (Å²) in [5, 5.41) is 8.39. The van der Waals surface area contributed by atoms with E-state index in [9.17, 15) is 0 Å². The summed E-state index contributed by atoms with van der Waals surface area (Å²) in [5.41, 5.74) is 2.57. The predicted octanol–water partition coefficient (Wildman–Crippen LogP) is 3.35. The average Bonchev–Trinajstić information content (AvgIpc) is 2.82. The number of hydrogen-bond donors (Lipinski definition) is 1. The summed E-state index contributed by atoms with van der Waals surface area (Å²) in [6.45, 7) is 12.2. The molecule has 3 heteroatoms. The van der Waals surface area contributed by atoms with Crippen molar-refractivity contribution in [1.29, 1.82) is 0 Å². The Labute approximate surface area is 112 Å². The van der Waals surface area contributed by atoms with Gasteiger partial charge in [-0.25, -0.2) is 0 Å². The lowest BCUT2D eigenvalue weighted by molar-refractivity contribution is 0.331. The Morgan fingerprint density at radius 2 is 1.94 bits per heavy atom. The van der Waals surface area contributed by atoms with Gasteiger partial charge in [0.15, 0.2) is 0 Å². The predicted molar refractivity (Wildman–Crippen MR) is 78.1 cm³/mol. The van der Waals surface area contributed by atoms with Gasteiger partial charge in [-0.15, -0.1) is 0 Å². The molecular weight excluding hydrogens is 222 g/mol. The molecule has 0 saturated heterocycles. The van der Waals surface area contributed by atoms with Crippen LogP contribution < -0.4 is 5.32 Å². The Hall–Kier alpha value is -0.830. The maximum absolute atomic E-state index is 4.75. The van der Waals surface area contributed by atoms with Crippen LogP contribution in [0, 0.1) is 0 Å². The molecular formula is C15H29N3. The Balaban J connectivity index is 2.85. The van der Waals surface area contributed by atoms with Crippen LogP contribution in [0.3, 0.4) is 0 Å². The Kier molecular flexibility index (Phi) is 6.41. The van der Waals surface area contributed by atoms with Gasteiger partial charge in [-0.3, -0.25) is 4.68 Å². The highest BCUT2D eigenvalue weighted by Crippen LogP contribution is 2.18. The normalized spacial score (nSPS) is 14.7. The molecule has 18 heavy (non-hydrogen) atoms. The van der Waals surface area contributed by atoms with E-state index in [1.165, 1.54) is 17.8 Å². The molecule has 1 rings (SSSR count). The quantitative estimate of drug-likeness (QED) is 0.768. The van der Waals surface area contributed by atoms with Crippen molar-refractivity contribution in [3.63, 3.8) is 0 Å². The Bertz CT molecular complexity index is 344. The molecule has 3 nitrogen and oxygen atoms in total. The highest BCUT2D eigenvalue weighted by Gasteiger charge is 2.19. The van der Waals surface area contributed by atoms with Crippen molar-refractivity contribution in [2.75, 3.05) is 6.54 Å². The first kappa shape index (κ1) is 15.2. The van der Waals surface area contributed by atoms with Crippen molar-refractivity contribution < 1.29 is 0 Å². The van der Waals surface area contributed by atoms with E-state index < -0.39 is 0 Å². The molecule has 1 aromatic rings. The monoisotopic (exact) mass is 251 g/mol. The van der Waals surface area contributed by atoms with E-state index in [4.69, 9.17) is 5.10 Å². The SMILES string of the molecule is CCCNC(CC)C(C)n1nc(CC)cc1CC. The van der Waals surface area contributed by atoms with Crippen LogP contribution in [0.2, 0.25) is 0 Å². The van der Waals surface area contributed by atoms with Crippen LogP contribution >= 0.6 is 0 Å². The van der Waals surface area contributed by atoms with Gasteiger partial charge in [0.25, 0.3) is 0 Å². The minimum absolute atomic E-state index is 0.428. The molecule has 0 spiro atoms. The number of aryl methyl sites for hydroxylation is 2. The van der Waals surface area contributed by atoms with Gasteiger partial charge in [-0.1, -0.05) is 27.7 Å². The molecule has 0 aliphatic rings. The maximum Gasteiger partial charge on any atom is 0.0647 e. The summed E-state index contributed by atoms with van der Waals surface area (Å²) in [5.74, 6) is 0. The molecule has 0 aliphatic heterocycles. The fourth-order valence-corrected chi connectivity index (χ4v) is 2.44. The second kappa shape index (κ2) is 7.57. The fraction of sp³-hybridized carbons (Fsp3) is 0.800. The van der Waals surface area contributed by atoms with E-state index in [-0.39, 0.29) is 0 Å². The van der Waals surface area contributed by atoms with Crippen molar-refractivity contribution in [2.24, 2.45) is 0 Å². The zero-order valence-corrected chi connectivity index (χ0v) is 12.7. The molecule has 0 aliphatic carbocycles. The van der Waals surface area contributed by atoms with E-state index in [0.717, 1.165) is 25.8 Å². The number of rotatable bonds is 8. The number of hydrogen-bond acceptors (Lipinski definition) is 2. The molecule has 104 valence electrons. The smallest absolute Gasteiger partial charge is 0.0647 e. The summed E-state index contributed by atoms with van der Waals surface area (Å²) < 4.78 is 2.23. The summed E-state index contributed by atoms with van der Waals surface area (Å²) in [7, 11) is 0. The van der Waals surface area contributed by atoms with Gasteiger partial charge in [-0.05, 0) is 45.2 Å². The molecule has 0 fully saturated rings. The van der Waals surface area contributed by atoms with Crippen LogP contribution in [0.5, 0.6) is 0 Å². The number of nitrogens with one attached hydrogen (secondary N) is 1. The van der Waals surface area contributed by atoms with Crippen molar-refractivity contribution in [2.45, 2.75) is 72.4 Å². The summed E-state index contributed by atoms with van der Waals surface area (Å²) >= 11 is 0. The van der Waals surface area contributed by atoms with Gasteiger partial charge in [0, 0.05) is 11.7 Å². The van der Waals surface area contributed by atoms with E-state index in [1.807, 2.05) is 0 Å². The first-order valence-corrected chi connectivity index (χ1v) is 7.48. The molecule has 1 aromatic heterocycles. The van der Waals surface area contributed by atoms with E-state index in [2.05, 4.69) is 50.7 Å². The third-order valence-electron chi connectivity index (χ3n) is 3.65. The fourth-order valence-electron chi connectivity index (χ4n) is 2.44. The summed E-state index contributed by atoms with van der Waals surface area (Å²) in [6.07, 6.45) is 4.41. The van der Waals surface area contributed by atoms with Gasteiger partial charge >= 0.3 is 0 Å². The number of aromatic nitrogens is 2. The van der Waals surface area contributed by atoms with Gasteiger partial charge < -0.3 is 5.32 Å². The van der Waals surface area contributed by atoms with Crippen molar-refractivity contribution in [3.8, 4) is 0 Å². The summed E-state index contributed by atoms with van der Waals surface area (Å²) in [6, 6.07) is 3.19. The molecule has 0 aromatic carbocycles. The molecule has 0 bridgehead atoms. The zero-order valence-electron chi connectivity index (χ0n) is 12.7. The van der Waals surface area contributed by atoms with Crippen molar-refractivity contribution in [3.05, 3.63) is 17.5 Å². The summed E-state index contributed by atoms with van der Waals surface area (Å²) in [4.78, 5) is 0. The lowest BCUT2D eigenvalue weighted by Crippen LogP contribution is -2.37. The average molecular weight is 251 g/mol. The molecule has 2 unspecified atom stereocenters. The second-order valence-corrected chi connectivity index (χ2v) is 4.99. The molecule has 2 atom stereocenters. The minimum Gasteiger partial charge on any atom is -0.312 e. The van der Waals surface area contributed by atoms with Crippen molar-refractivity contribution in [1.82, 2.24) is 15.1 Å². The molecule has 0 radical (unpaired) electrons. The van der Waals surface area contributed by atoms with Crippen LogP contribution in [0.15, 0.2) is 6.07 Å². The first-order valence-electron chi connectivity index (χ1n) is 7.48. The van der Waals surface area contributed by atoms with E-state index in [0.29, 0.717) is 12.1 Å². The third kappa shape index (κ3) is 3.58. The number of nitrogens with zero attached hydrogens (tertiary/aromatic N) is 2. The van der Waals surface area contributed by atoms with Crippen LogP contribution in [0.25, 0.3) is 0 Å². The zero-order chi connectivity index (χ0) is 13.5. The van der Waals surface area contributed by atoms with E-state index in [1.54, 1.807) is 0 Å². The van der Waals surface area contributed by atoms with Crippen LogP contribution in [-0.2, 0) is 12.8 Å². The topological polar surface area (TPSA) is 29.9 Å². The molecule has 1 heterocycles. The van der Waals surface area contributed by atoms with Gasteiger partial charge in [0.2, 0.25) is 0 Å². The van der Waals surface area contributed by atoms with Gasteiger partial charge in [-0.2, -0.15) is 5.10 Å². The lowest BCUT2D eigenvalue weighted by atomic mass is 10.1. The van der Waals surface area contributed by atoms with Crippen molar-refractivity contribution >= 4 is 0 Å². The second-order valence-electron chi connectivity index (χ2n) is 4.99. The Morgan fingerprint density at radius 1 is 1.22 bits per heavy atom. The van der Waals surface area contributed by atoms with Crippen LogP contribution in [0.1, 0.15) is 64.9 Å². The highest BCUT2D eigenvalue weighted by atomic mass is 15.3. The highest BCUT2D eigenvalue weighted by molar-refractivity contribution is 5.11. The van der Waals surface area contributed by atoms with Gasteiger partial charge in [0.1, 0.15) is 0 Å². The van der Waals surface area contributed by atoms with Crippen LogP contribution in [-0.4, -0.2) is 22.4 Å². The molecule has 1 N–H and O–H groups in total. The van der Waals surface area contributed by atoms with Gasteiger partial charge in [0.05, 0.1) is 11.7 Å².